The van der Waals surface area contributed by atoms with Gasteiger partial charge in [0.2, 0.25) is 0 Å². The van der Waals surface area contributed by atoms with E-state index in [2.05, 4.69) is 4.90 Å². The minimum atomic E-state index is -0.980. The third-order valence-corrected chi connectivity index (χ3v) is 6.60. The fraction of sp³-hybridized carbons (Fsp3) is 0.519. The number of rotatable bonds is 12. The van der Waals surface area contributed by atoms with Crippen molar-refractivity contribution in [2.75, 3.05) is 19.7 Å². The molecular formula is C27H35F2NO4. The topological polar surface area (TPSA) is 70.0 Å². The van der Waals surface area contributed by atoms with Crippen molar-refractivity contribution in [1.29, 1.82) is 0 Å². The fourth-order valence-corrected chi connectivity index (χ4v) is 4.75. The van der Waals surface area contributed by atoms with E-state index in [1.165, 1.54) is 6.07 Å². The lowest BCUT2D eigenvalue weighted by Crippen LogP contribution is -2.39. The van der Waals surface area contributed by atoms with Crippen LogP contribution in [0.15, 0.2) is 36.4 Å². The van der Waals surface area contributed by atoms with Crippen molar-refractivity contribution in [3.05, 3.63) is 70.3 Å². The number of halogens is 2. The highest BCUT2D eigenvalue weighted by molar-refractivity contribution is 5.67. The van der Waals surface area contributed by atoms with Gasteiger partial charge in [0.1, 0.15) is 11.6 Å². The number of aliphatic hydroxyl groups excluding tert-OH is 1. The van der Waals surface area contributed by atoms with Gasteiger partial charge in [-0.2, -0.15) is 0 Å². The predicted molar refractivity (Wildman–Crippen MR) is 127 cm³/mol. The highest BCUT2D eigenvalue weighted by Gasteiger charge is 2.27. The van der Waals surface area contributed by atoms with Gasteiger partial charge in [0.05, 0.1) is 18.8 Å². The molecule has 0 radical (unpaired) electrons. The summed E-state index contributed by atoms with van der Waals surface area (Å²) in [5.74, 6) is -1.61. The molecule has 0 saturated carbocycles. The van der Waals surface area contributed by atoms with Gasteiger partial charge in [0.25, 0.3) is 0 Å². The Morgan fingerprint density at radius 1 is 1.24 bits per heavy atom. The largest absolute Gasteiger partial charge is 0.481 e. The minimum Gasteiger partial charge on any atom is -0.481 e. The van der Waals surface area contributed by atoms with Crippen molar-refractivity contribution in [2.24, 2.45) is 0 Å². The molecule has 1 saturated heterocycles. The summed E-state index contributed by atoms with van der Waals surface area (Å²) in [6.45, 7) is 5.08. The van der Waals surface area contributed by atoms with Gasteiger partial charge < -0.3 is 14.9 Å². The number of carbonyl (C=O) groups is 1. The first-order chi connectivity index (χ1) is 16.3. The van der Waals surface area contributed by atoms with E-state index in [0.717, 1.165) is 31.4 Å². The van der Waals surface area contributed by atoms with Crippen LogP contribution in [0.1, 0.15) is 61.0 Å². The summed E-state index contributed by atoms with van der Waals surface area (Å²) in [5.41, 5.74) is 2.58. The molecular weight excluding hydrogens is 440 g/mol. The highest BCUT2D eigenvalue weighted by atomic mass is 19.1. The van der Waals surface area contributed by atoms with E-state index in [-0.39, 0.29) is 31.3 Å². The summed E-state index contributed by atoms with van der Waals surface area (Å²) in [4.78, 5) is 13.2. The summed E-state index contributed by atoms with van der Waals surface area (Å²) in [6.07, 6.45) is 2.11. The number of benzene rings is 2. The Morgan fingerprint density at radius 2 is 2.03 bits per heavy atom. The SMILES string of the molecule is CC[C@@H](OC[C@H](O)CN1CCC[C@H]1Cc1ccc(C)c(F)c1)c1cccc(F)c1CCC(=O)O. The lowest BCUT2D eigenvalue weighted by atomic mass is 9.96. The third-order valence-electron chi connectivity index (χ3n) is 6.60. The van der Waals surface area contributed by atoms with Crippen LogP contribution in [0.5, 0.6) is 0 Å². The van der Waals surface area contributed by atoms with Crippen LogP contribution in [0, 0.1) is 18.6 Å². The molecule has 34 heavy (non-hydrogen) atoms. The van der Waals surface area contributed by atoms with E-state index in [1.807, 2.05) is 13.0 Å². The fourth-order valence-electron chi connectivity index (χ4n) is 4.75. The maximum absolute atomic E-state index is 14.4. The molecule has 2 aromatic carbocycles. The molecule has 0 spiro atoms. The van der Waals surface area contributed by atoms with Crippen molar-refractivity contribution < 1.29 is 28.5 Å². The van der Waals surface area contributed by atoms with Gasteiger partial charge in [-0.1, -0.05) is 31.2 Å². The standard InChI is InChI=1S/C27H35F2NO4/c1-3-26(23-7-4-8-24(28)22(23)11-12-27(32)33)34-17-21(31)16-30-13-5-6-20(30)14-19-10-9-18(2)25(29)15-19/h4,7-10,15,20-21,26,31H,3,5-6,11-14,16-17H2,1-2H3,(H,32,33)/t20-,21+,26+/m0/s1. The van der Waals surface area contributed by atoms with Gasteiger partial charge in [-0.3, -0.25) is 9.69 Å². The first-order valence-corrected chi connectivity index (χ1v) is 12.1. The van der Waals surface area contributed by atoms with Crippen LogP contribution in [0.3, 0.4) is 0 Å². The van der Waals surface area contributed by atoms with Gasteiger partial charge in [0.15, 0.2) is 0 Å². The highest BCUT2D eigenvalue weighted by Crippen LogP contribution is 2.28. The molecule has 3 atom stereocenters. The Hall–Kier alpha value is -2.35. The number of hydrogen-bond donors (Lipinski definition) is 2. The van der Waals surface area contributed by atoms with Gasteiger partial charge in [-0.05, 0) is 80.0 Å². The Balaban J connectivity index is 1.58. The number of β-amino-alcohol motifs (C(OH)–C–C–N with tert-alkyl or cyclic N) is 1. The van der Waals surface area contributed by atoms with Crippen LogP contribution in [0.4, 0.5) is 8.78 Å². The second-order valence-corrected chi connectivity index (χ2v) is 9.16. The van der Waals surface area contributed by atoms with Gasteiger partial charge in [-0.25, -0.2) is 8.78 Å². The number of likely N-dealkylation sites (tertiary alicyclic amines) is 1. The number of aliphatic carboxylic acids is 1. The molecule has 7 heteroatoms. The third kappa shape index (κ3) is 7.08. The number of carboxylic acids is 1. The van der Waals surface area contributed by atoms with E-state index in [9.17, 15) is 18.7 Å². The quantitative estimate of drug-likeness (QED) is 0.460. The Morgan fingerprint density at radius 3 is 2.74 bits per heavy atom. The summed E-state index contributed by atoms with van der Waals surface area (Å²) < 4.78 is 34.3. The molecule has 2 aromatic rings. The maximum Gasteiger partial charge on any atom is 0.303 e. The molecule has 0 unspecified atom stereocenters. The molecule has 2 N–H and O–H groups in total. The van der Waals surface area contributed by atoms with E-state index < -0.39 is 24.0 Å². The van der Waals surface area contributed by atoms with E-state index in [1.54, 1.807) is 31.2 Å². The van der Waals surface area contributed by atoms with Crippen LogP contribution in [0.2, 0.25) is 0 Å². The van der Waals surface area contributed by atoms with Crippen molar-refractivity contribution in [1.82, 2.24) is 4.90 Å². The summed E-state index contributed by atoms with van der Waals surface area (Å²) in [6, 6.07) is 10.3. The average molecular weight is 476 g/mol. The number of carboxylic acid groups (broad SMARTS) is 1. The predicted octanol–water partition coefficient (Wildman–Crippen LogP) is 4.83. The number of aliphatic hydroxyl groups is 1. The molecule has 1 aliphatic heterocycles. The molecule has 1 aliphatic rings. The van der Waals surface area contributed by atoms with Crippen LogP contribution in [-0.2, 0) is 22.4 Å². The number of nitrogens with zero attached hydrogens (tertiary/aromatic N) is 1. The summed E-state index contributed by atoms with van der Waals surface area (Å²) in [7, 11) is 0. The molecule has 0 aliphatic carbocycles. The average Bonchev–Trinajstić information content (AvgIpc) is 3.22. The summed E-state index contributed by atoms with van der Waals surface area (Å²) >= 11 is 0. The van der Waals surface area contributed by atoms with Crippen LogP contribution >= 0.6 is 0 Å². The second kappa shape index (κ2) is 12.4. The van der Waals surface area contributed by atoms with Gasteiger partial charge in [-0.15, -0.1) is 0 Å². The normalized spacial score (nSPS) is 18.2. The first-order valence-electron chi connectivity index (χ1n) is 12.1. The lowest BCUT2D eigenvalue weighted by Gasteiger charge is -2.28. The van der Waals surface area contributed by atoms with Crippen LogP contribution < -0.4 is 0 Å². The zero-order valence-electron chi connectivity index (χ0n) is 20.0. The van der Waals surface area contributed by atoms with Crippen molar-refractivity contribution in [3.8, 4) is 0 Å². The smallest absolute Gasteiger partial charge is 0.303 e. The minimum absolute atomic E-state index is 0.0921. The van der Waals surface area contributed by atoms with Gasteiger partial charge >= 0.3 is 5.97 Å². The van der Waals surface area contributed by atoms with Crippen molar-refractivity contribution >= 4 is 5.97 Å². The van der Waals surface area contributed by atoms with E-state index in [0.29, 0.717) is 29.7 Å². The number of ether oxygens (including phenoxy) is 1. The van der Waals surface area contributed by atoms with Crippen LogP contribution in [0.25, 0.3) is 0 Å². The van der Waals surface area contributed by atoms with Crippen molar-refractivity contribution in [3.63, 3.8) is 0 Å². The Labute approximate surface area is 200 Å². The zero-order chi connectivity index (χ0) is 24.7. The number of hydrogen-bond acceptors (Lipinski definition) is 4. The zero-order valence-corrected chi connectivity index (χ0v) is 20.0. The first kappa shape index (κ1) is 26.3. The molecule has 186 valence electrons. The van der Waals surface area contributed by atoms with Crippen LogP contribution in [-0.4, -0.2) is 52.9 Å². The maximum atomic E-state index is 14.4. The molecule has 1 fully saturated rings. The summed E-state index contributed by atoms with van der Waals surface area (Å²) in [5, 5.41) is 19.7. The van der Waals surface area contributed by atoms with E-state index >= 15 is 0 Å². The lowest BCUT2D eigenvalue weighted by molar-refractivity contribution is -0.136. The molecule has 5 nitrogen and oxygen atoms in total. The monoisotopic (exact) mass is 475 g/mol. The van der Waals surface area contributed by atoms with Gasteiger partial charge in [0, 0.05) is 19.0 Å². The molecule has 3 rings (SSSR count). The van der Waals surface area contributed by atoms with Crippen molar-refractivity contribution in [2.45, 2.75) is 70.6 Å². The molecule has 1 heterocycles. The number of aryl methyl sites for hydroxylation is 1. The Bertz CT molecular complexity index is 968. The molecule has 0 aromatic heterocycles. The van der Waals surface area contributed by atoms with E-state index in [4.69, 9.17) is 9.84 Å². The second-order valence-electron chi connectivity index (χ2n) is 9.16. The Kier molecular flexibility index (Phi) is 9.56. The molecule has 0 amide bonds. The molecule has 0 bridgehead atoms.